The molecule has 4 nitrogen and oxygen atoms in total. The molecule has 0 spiro atoms. The van der Waals surface area contributed by atoms with Crippen LogP contribution in [0.3, 0.4) is 0 Å². The lowest BCUT2D eigenvalue weighted by molar-refractivity contribution is 0.419. The Balaban J connectivity index is 2.11. The molecule has 0 bridgehead atoms. The predicted molar refractivity (Wildman–Crippen MR) is 87.1 cm³/mol. The fourth-order valence-corrected chi connectivity index (χ4v) is 2.89. The summed E-state index contributed by atoms with van der Waals surface area (Å²) in [6.07, 6.45) is 3.65. The van der Waals surface area contributed by atoms with Crippen LogP contribution < -0.4 is 0 Å². The second-order valence-electron chi connectivity index (χ2n) is 4.43. The lowest BCUT2D eigenvalue weighted by Gasteiger charge is -2.01. The summed E-state index contributed by atoms with van der Waals surface area (Å²) in [5.74, 6) is 0.154. The van der Waals surface area contributed by atoms with Gasteiger partial charge >= 0.3 is 0 Å². The minimum absolute atomic E-state index is 0.154. The van der Waals surface area contributed by atoms with E-state index in [-0.39, 0.29) is 5.88 Å². The first-order valence-electron chi connectivity index (χ1n) is 6.17. The summed E-state index contributed by atoms with van der Waals surface area (Å²) in [4.78, 5) is 7.37. The Kier molecular flexibility index (Phi) is 3.35. The Morgan fingerprint density at radius 3 is 3.00 bits per heavy atom. The summed E-state index contributed by atoms with van der Waals surface area (Å²) < 4.78 is 3.16. The van der Waals surface area contributed by atoms with Gasteiger partial charge in [-0.1, -0.05) is 15.9 Å². The fraction of sp³-hybridized carbons (Fsp3) is 0.143. The molecule has 0 fully saturated rings. The predicted octanol–water partition coefficient (Wildman–Crippen LogP) is 4.29. The third-order valence-electron chi connectivity index (χ3n) is 3.21. The van der Waals surface area contributed by atoms with Gasteiger partial charge in [0.15, 0.2) is 4.77 Å². The van der Waals surface area contributed by atoms with Gasteiger partial charge in [0.2, 0.25) is 5.88 Å². The van der Waals surface area contributed by atoms with E-state index in [1.807, 2.05) is 31.2 Å². The van der Waals surface area contributed by atoms with Crippen LogP contribution in [0.4, 0.5) is 5.69 Å². The Bertz CT molecular complexity index is 801. The van der Waals surface area contributed by atoms with Crippen molar-refractivity contribution in [2.24, 2.45) is 4.99 Å². The van der Waals surface area contributed by atoms with Crippen molar-refractivity contribution in [1.29, 1.82) is 0 Å². The lowest BCUT2D eigenvalue weighted by atomic mass is 10.1. The van der Waals surface area contributed by atoms with E-state index in [0.29, 0.717) is 17.0 Å². The molecule has 3 rings (SSSR count). The molecule has 0 saturated heterocycles. The highest BCUT2D eigenvalue weighted by atomic mass is 79.9. The first-order valence-corrected chi connectivity index (χ1v) is 7.37. The van der Waals surface area contributed by atoms with Crippen LogP contribution in [0.15, 0.2) is 27.7 Å². The van der Waals surface area contributed by atoms with Gasteiger partial charge in [0.25, 0.3) is 0 Å². The van der Waals surface area contributed by atoms with Crippen molar-refractivity contribution >= 4 is 51.7 Å². The Hall–Kier alpha value is -1.66. The smallest absolute Gasteiger partial charge is 0.217 e. The second kappa shape index (κ2) is 5.03. The van der Waals surface area contributed by atoms with Crippen LogP contribution in [-0.2, 0) is 6.54 Å². The SMILES string of the molecule is CCn1c(O)c(C=C2C=Nc3ccc(Br)cc32)[nH]c1=S. The van der Waals surface area contributed by atoms with Crippen LogP contribution in [0, 0.1) is 4.77 Å². The van der Waals surface area contributed by atoms with Gasteiger partial charge in [0, 0.05) is 28.4 Å². The average molecular weight is 350 g/mol. The summed E-state index contributed by atoms with van der Waals surface area (Å²) in [7, 11) is 0. The van der Waals surface area contributed by atoms with Crippen molar-refractivity contribution in [3.05, 3.63) is 38.7 Å². The van der Waals surface area contributed by atoms with E-state index in [4.69, 9.17) is 12.2 Å². The maximum Gasteiger partial charge on any atom is 0.217 e. The molecule has 1 aromatic heterocycles. The van der Waals surface area contributed by atoms with Gasteiger partial charge in [-0.3, -0.25) is 9.56 Å². The van der Waals surface area contributed by atoms with Crippen LogP contribution >= 0.6 is 28.1 Å². The first kappa shape index (κ1) is 13.3. The number of allylic oxidation sites excluding steroid dienone is 1. The number of H-pyrrole nitrogens is 1. The third-order valence-corrected chi connectivity index (χ3v) is 4.03. The minimum atomic E-state index is 0.154. The Morgan fingerprint density at radius 2 is 2.30 bits per heavy atom. The molecule has 102 valence electrons. The maximum absolute atomic E-state index is 10.1. The van der Waals surface area contributed by atoms with Crippen LogP contribution in [-0.4, -0.2) is 20.9 Å². The molecule has 20 heavy (non-hydrogen) atoms. The number of aromatic amines is 1. The summed E-state index contributed by atoms with van der Waals surface area (Å²) >= 11 is 8.63. The van der Waals surface area contributed by atoms with Crippen molar-refractivity contribution < 1.29 is 5.11 Å². The molecule has 6 heteroatoms. The molecule has 0 saturated carbocycles. The number of nitrogens with one attached hydrogen (secondary N) is 1. The highest BCUT2D eigenvalue weighted by Crippen LogP contribution is 2.35. The molecule has 2 heterocycles. The molecule has 0 atom stereocenters. The van der Waals surface area contributed by atoms with E-state index in [1.165, 1.54) is 0 Å². The van der Waals surface area contributed by atoms with Gasteiger partial charge in [0.05, 0.1) is 5.69 Å². The number of rotatable bonds is 2. The van der Waals surface area contributed by atoms with Gasteiger partial charge in [-0.05, 0) is 43.4 Å². The average Bonchev–Trinajstić information content (AvgIpc) is 2.92. The number of benzene rings is 1. The molecule has 2 N–H and O–H groups in total. The number of fused-ring (bicyclic) bond motifs is 1. The zero-order valence-electron chi connectivity index (χ0n) is 10.7. The van der Waals surface area contributed by atoms with Crippen molar-refractivity contribution in [3.63, 3.8) is 0 Å². The van der Waals surface area contributed by atoms with E-state index < -0.39 is 0 Å². The van der Waals surface area contributed by atoms with Gasteiger partial charge < -0.3 is 10.1 Å². The molecule has 1 aliphatic rings. The molecule has 2 aromatic rings. The number of hydrogen-bond acceptors (Lipinski definition) is 3. The van der Waals surface area contributed by atoms with Gasteiger partial charge in [-0.15, -0.1) is 0 Å². The van der Waals surface area contributed by atoms with Crippen LogP contribution in [0.25, 0.3) is 11.6 Å². The molecular weight excluding hydrogens is 338 g/mol. The van der Waals surface area contributed by atoms with Crippen molar-refractivity contribution in [2.75, 3.05) is 0 Å². The molecule has 0 aliphatic carbocycles. The standard InChI is InChI=1S/C14H12BrN3OS/c1-2-18-13(19)12(17-14(18)20)5-8-7-16-11-4-3-9(15)6-10(8)11/h3-7,19H,2H2,1H3,(H,17,20). The van der Waals surface area contributed by atoms with Gasteiger partial charge in [-0.2, -0.15) is 0 Å². The van der Waals surface area contributed by atoms with Gasteiger partial charge in [-0.25, -0.2) is 0 Å². The second-order valence-corrected chi connectivity index (χ2v) is 5.73. The number of imidazole rings is 1. The summed E-state index contributed by atoms with van der Waals surface area (Å²) in [5.41, 5.74) is 3.50. The number of nitrogens with zero attached hydrogens (tertiary/aromatic N) is 2. The molecule has 0 radical (unpaired) electrons. The van der Waals surface area contributed by atoms with E-state index in [2.05, 4.69) is 25.9 Å². The monoisotopic (exact) mass is 349 g/mol. The van der Waals surface area contributed by atoms with Crippen molar-refractivity contribution in [3.8, 4) is 5.88 Å². The maximum atomic E-state index is 10.1. The topological polar surface area (TPSA) is 53.3 Å². The summed E-state index contributed by atoms with van der Waals surface area (Å²) in [5, 5.41) is 10.1. The van der Waals surface area contributed by atoms with E-state index in [1.54, 1.807) is 10.8 Å². The van der Waals surface area contributed by atoms with E-state index >= 15 is 0 Å². The number of hydrogen-bond donors (Lipinski definition) is 2. The third kappa shape index (κ3) is 2.14. The highest BCUT2D eigenvalue weighted by Gasteiger charge is 2.15. The van der Waals surface area contributed by atoms with Crippen LogP contribution in [0.1, 0.15) is 18.2 Å². The largest absolute Gasteiger partial charge is 0.493 e. The van der Waals surface area contributed by atoms with Crippen molar-refractivity contribution in [2.45, 2.75) is 13.5 Å². The van der Waals surface area contributed by atoms with Crippen LogP contribution in [0.2, 0.25) is 0 Å². The molecular formula is C14H12BrN3OS. The molecule has 0 amide bonds. The van der Waals surface area contributed by atoms with Crippen molar-refractivity contribution in [1.82, 2.24) is 9.55 Å². The van der Waals surface area contributed by atoms with Crippen LogP contribution in [0.5, 0.6) is 5.88 Å². The normalized spacial score (nSPS) is 15.0. The lowest BCUT2D eigenvalue weighted by Crippen LogP contribution is -1.92. The quantitative estimate of drug-likeness (QED) is 0.794. The minimum Gasteiger partial charge on any atom is -0.493 e. The molecule has 1 aromatic carbocycles. The Labute approximate surface area is 129 Å². The van der Waals surface area contributed by atoms with E-state index in [0.717, 1.165) is 21.3 Å². The highest BCUT2D eigenvalue weighted by molar-refractivity contribution is 9.10. The number of aromatic nitrogens is 2. The summed E-state index contributed by atoms with van der Waals surface area (Å²) in [6.45, 7) is 2.56. The first-order chi connectivity index (χ1) is 9.60. The zero-order chi connectivity index (χ0) is 14.3. The van der Waals surface area contributed by atoms with E-state index in [9.17, 15) is 5.11 Å². The van der Waals surface area contributed by atoms with Gasteiger partial charge in [0.1, 0.15) is 5.69 Å². The molecule has 0 unspecified atom stereocenters. The fourth-order valence-electron chi connectivity index (χ4n) is 2.21. The number of aliphatic imine (C=N–C) groups is 1. The number of aromatic hydroxyl groups is 1. The zero-order valence-corrected chi connectivity index (χ0v) is 13.1. The Morgan fingerprint density at radius 1 is 1.50 bits per heavy atom. The molecule has 1 aliphatic heterocycles. The number of halogens is 1. The summed E-state index contributed by atoms with van der Waals surface area (Å²) in [6, 6.07) is 5.92.